The normalized spacial score (nSPS) is 18.2. The van der Waals surface area contributed by atoms with Crippen molar-refractivity contribution in [3.63, 3.8) is 0 Å². The number of hydrogen-bond acceptors (Lipinski definition) is 7. The molecule has 8 heteroatoms. The summed E-state index contributed by atoms with van der Waals surface area (Å²) in [5.41, 5.74) is 0. The molecule has 0 spiro atoms. The van der Waals surface area contributed by atoms with Crippen LogP contribution >= 0.6 is 0 Å². The largest absolute Gasteiger partial charge is 0.467 e. The van der Waals surface area contributed by atoms with Crippen molar-refractivity contribution in [3.8, 4) is 0 Å². The van der Waals surface area contributed by atoms with Crippen LogP contribution in [0.2, 0.25) is 0 Å². The predicted molar refractivity (Wildman–Crippen MR) is 87.3 cm³/mol. The monoisotopic (exact) mass is 331 g/mol. The molecule has 0 saturated carbocycles. The molecule has 0 aromatic carbocycles. The second kappa shape index (κ2) is 8.42. The number of anilines is 1. The number of hydrogen-bond donors (Lipinski definition) is 2. The van der Waals surface area contributed by atoms with Gasteiger partial charge in [0.05, 0.1) is 32.1 Å². The summed E-state index contributed by atoms with van der Waals surface area (Å²) in [4.78, 5) is 14.1. The topological polar surface area (TPSA) is 92.5 Å². The fourth-order valence-electron chi connectivity index (χ4n) is 2.52. The summed E-state index contributed by atoms with van der Waals surface area (Å²) >= 11 is 0. The Bertz CT molecular complexity index is 620. The number of carbonyl (C=O) groups excluding carboxylic acids is 1. The Morgan fingerprint density at radius 2 is 2.33 bits per heavy atom. The molecule has 8 nitrogen and oxygen atoms in total. The molecular formula is C16H21N5O3. The fraction of sp³-hybridized carbons (Fsp3) is 0.438. The van der Waals surface area contributed by atoms with E-state index in [9.17, 15) is 4.79 Å². The minimum absolute atomic E-state index is 0.0126. The van der Waals surface area contributed by atoms with Gasteiger partial charge in [-0.3, -0.25) is 9.69 Å². The van der Waals surface area contributed by atoms with Gasteiger partial charge >= 0.3 is 0 Å². The molecule has 1 saturated heterocycles. The summed E-state index contributed by atoms with van der Waals surface area (Å²) in [6.45, 7) is 3.44. The summed E-state index contributed by atoms with van der Waals surface area (Å²) in [5, 5.41) is 13.8. The molecular weight excluding hydrogens is 310 g/mol. The van der Waals surface area contributed by atoms with Gasteiger partial charge in [0.25, 0.3) is 0 Å². The van der Waals surface area contributed by atoms with E-state index in [0.29, 0.717) is 32.8 Å². The second-order valence-corrected chi connectivity index (χ2v) is 5.57. The van der Waals surface area contributed by atoms with Crippen LogP contribution in [0.1, 0.15) is 5.76 Å². The van der Waals surface area contributed by atoms with E-state index in [0.717, 1.165) is 18.1 Å². The molecule has 2 N–H and O–H groups in total. The Hall–Kier alpha value is -2.45. The third-order valence-electron chi connectivity index (χ3n) is 3.71. The van der Waals surface area contributed by atoms with Gasteiger partial charge < -0.3 is 19.8 Å². The smallest absolute Gasteiger partial charge is 0.234 e. The SMILES string of the molecule is O=C(CN1CCO[C@H](CNc2cccnn2)C1)NCc1ccco1. The lowest BCUT2D eigenvalue weighted by molar-refractivity contribution is -0.124. The van der Waals surface area contributed by atoms with E-state index >= 15 is 0 Å². The molecule has 0 aliphatic carbocycles. The van der Waals surface area contributed by atoms with Gasteiger partial charge in [0.15, 0.2) is 0 Å². The first-order chi connectivity index (χ1) is 11.8. The maximum absolute atomic E-state index is 12.0. The van der Waals surface area contributed by atoms with Gasteiger partial charge in [-0.1, -0.05) is 0 Å². The zero-order valence-electron chi connectivity index (χ0n) is 13.4. The molecule has 0 bridgehead atoms. The number of ether oxygens (including phenoxy) is 1. The van der Waals surface area contributed by atoms with E-state index in [4.69, 9.17) is 9.15 Å². The lowest BCUT2D eigenvalue weighted by Gasteiger charge is -2.32. The molecule has 0 radical (unpaired) electrons. The predicted octanol–water partition coefficient (Wildman–Crippen LogP) is 0.499. The van der Waals surface area contributed by atoms with E-state index < -0.39 is 0 Å². The quantitative estimate of drug-likeness (QED) is 0.763. The van der Waals surface area contributed by atoms with Crippen molar-refractivity contribution in [2.45, 2.75) is 12.6 Å². The Morgan fingerprint density at radius 1 is 1.38 bits per heavy atom. The van der Waals surface area contributed by atoms with Crippen molar-refractivity contribution < 1.29 is 13.9 Å². The van der Waals surface area contributed by atoms with Crippen LogP contribution in [0.15, 0.2) is 41.1 Å². The van der Waals surface area contributed by atoms with E-state index in [1.807, 2.05) is 18.2 Å². The Labute approximate surface area is 140 Å². The number of amides is 1. The molecule has 2 aromatic rings. The van der Waals surface area contributed by atoms with Gasteiger partial charge in [0, 0.05) is 25.8 Å². The molecule has 128 valence electrons. The minimum Gasteiger partial charge on any atom is -0.467 e. The first-order valence-corrected chi connectivity index (χ1v) is 7.94. The van der Waals surface area contributed by atoms with Crippen LogP contribution < -0.4 is 10.6 Å². The number of furan rings is 1. The van der Waals surface area contributed by atoms with Gasteiger partial charge in [-0.15, -0.1) is 5.10 Å². The Kier molecular flexibility index (Phi) is 5.75. The highest BCUT2D eigenvalue weighted by Crippen LogP contribution is 2.07. The third-order valence-corrected chi connectivity index (χ3v) is 3.71. The van der Waals surface area contributed by atoms with E-state index in [2.05, 4.69) is 25.7 Å². The van der Waals surface area contributed by atoms with E-state index in [1.165, 1.54) is 0 Å². The summed E-state index contributed by atoms with van der Waals surface area (Å²) in [7, 11) is 0. The number of carbonyl (C=O) groups is 1. The molecule has 1 fully saturated rings. The molecule has 1 atom stereocenters. The zero-order chi connectivity index (χ0) is 16.6. The first kappa shape index (κ1) is 16.4. The average molecular weight is 331 g/mol. The molecule has 3 rings (SSSR count). The maximum atomic E-state index is 12.0. The van der Waals surface area contributed by atoms with Crippen LogP contribution in [-0.2, 0) is 16.1 Å². The van der Waals surface area contributed by atoms with Gasteiger partial charge in [0.1, 0.15) is 11.6 Å². The van der Waals surface area contributed by atoms with Gasteiger partial charge in [-0.25, -0.2) is 0 Å². The van der Waals surface area contributed by atoms with Crippen LogP contribution in [0.5, 0.6) is 0 Å². The zero-order valence-corrected chi connectivity index (χ0v) is 13.4. The summed E-state index contributed by atoms with van der Waals surface area (Å²) in [6, 6.07) is 7.32. The van der Waals surface area contributed by atoms with Gasteiger partial charge in [-0.05, 0) is 24.3 Å². The summed E-state index contributed by atoms with van der Waals surface area (Å²) < 4.78 is 10.9. The number of nitrogens with zero attached hydrogens (tertiary/aromatic N) is 3. The molecule has 24 heavy (non-hydrogen) atoms. The number of rotatable bonds is 7. The maximum Gasteiger partial charge on any atom is 0.234 e. The number of nitrogens with one attached hydrogen (secondary N) is 2. The lowest BCUT2D eigenvalue weighted by atomic mass is 10.2. The highest BCUT2D eigenvalue weighted by Gasteiger charge is 2.22. The summed E-state index contributed by atoms with van der Waals surface area (Å²) in [5.74, 6) is 1.44. The molecule has 1 aliphatic rings. The first-order valence-electron chi connectivity index (χ1n) is 7.94. The molecule has 1 amide bonds. The molecule has 3 heterocycles. The van der Waals surface area contributed by atoms with Crippen LogP contribution in [0.25, 0.3) is 0 Å². The van der Waals surface area contributed by atoms with Crippen molar-refractivity contribution in [3.05, 3.63) is 42.5 Å². The lowest BCUT2D eigenvalue weighted by Crippen LogP contribution is -2.48. The van der Waals surface area contributed by atoms with Crippen molar-refractivity contribution >= 4 is 11.7 Å². The van der Waals surface area contributed by atoms with Crippen LogP contribution in [0.3, 0.4) is 0 Å². The van der Waals surface area contributed by atoms with E-state index in [-0.39, 0.29) is 12.0 Å². The highest BCUT2D eigenvalue weighted by atomic mass is 16.5. The van der Waals surface area contributed by atoms with Crippen molar-refractivity contribution in [1.29, 1.82) is 0 Å². The van der Waals surface area contributed by atoms with Gasteiger partial charge in [-0.2, -0.15) is 5.10 Å². The van der Waals surface area contributed by atoms with E-state index in [1.54, 1.807) is 18.5 Å². The fourth-order valence-corrected chi connectivity index (χ4v) is 2.52. The van der Waals surface area contributed by atoms with Crippen LogP contribution in [-0.4, -0.2) is 59.9 Å². The standard InChI is InChI=1S/C16H21N5O3/c22-16(18-9-13-3-2-7-23-13)12-21-6-8-24-14(11-21)10-17-15-4-1-5-19-20-15/h1-5,7,14H,6,8-12H2,(H,17,20)(H,18,22)/t14-/m1/s1. The Balaban J connectivity index is 1.39. The Morgan fingerprint density at radius 3 is 3.12 bits per heavy atom. The second-order valence-electron chi connectivity index (χ2n) is 5.57. The molecule has 2 aromatic heterocycles. The van der Waals surface area contributed by atoms with Crippen LogP contribution in [0, 0.1) is 0 Å². The average Bonchev–Trinajstić information content (AvgIpc) is 3.13. The van der Waals surface area contributed by atoms with Crippen molar-refractivity contribution in [1.82, 2.24) is 20.4 Å². The third kappa shape index (κ3) is 5.04. The van der Waals surface area contributed by atoms with Gasteiger partial charge in [0.2, 0.25) is 5.91 Å². The number of morpholine rings is 1. The number of aromatic nitrogens is 2. The molecule has 1 aliphatic heterocycles. The molecule has 0 unspecified atom stereocenters. The minimum atomic E-state index is -0.0195. The highest BCUT2D eigenvalue weighted by molar-refractivity contribution is 5.77. The van der Waals surface area contributed by atoms with Crippen molar-refractivity contribution in [2.24, 2.45) is 0 Å². The van der Waals surface area contributed by atoms with Crippen molar-refractivity contribution in [2.75, 3.05) is 38.1 Å². The summed E-state index contributed by atoms with van der Waals surface area (Å²) in [6.07, 6.45) is 3.24. The van der Waals surface area contributed by atoms with Crippen LogP contribution in [0.4, 0.5) is 5.82 Å².